The normalized spacial score (nSPS) is 12.2. The zero-order valence-corrected chi connectivity index (χ0v) is 25.2. The maximum Gasteiger partial charge on any atom is 0.244 e. The van der Waals surface area contributed by atoms with Crippen LogP contribution in [-0.4, -0.2) is 50.0 Å². The second-order valence-electron chi connectivity index (χ2n) is 9.46. The molecule has 0 fully saturated rings. The lowest BCUT2D eigenvalue weighted by molar-refractivity contribution is -0.140. The second kappa shape index (κ2) is 13.7. The molecule has 0 saturated heterocycles. The van der Waals surface area contributed by atoms with Gasteiger partial charge in [0.25, 0.3) is 0 Å². The van der Waals surface area contributed by atoms with Gasteiger partial charge in [-0.1, -0.05) is 71.2 Å². The number of amides is 2. The standard InChI is InChI=1S/C28H29Cl3FN3O4S/c1-18(2)33-28(37)26(14-19-8-5-4-6-9-19)34(16-21-22(29)10-7-11-23(21)30)27(36)17-35(40(3,38)39)20-12-13-25(32)24(31)15-20/h4-13,15,18,26H,14,16-17H2,1-3H3,(H,33,37)/t26-/m1/s1. The lowest BCUT2D eigenvalue weighted by atomic mass is 10.0. The van der Waals surface area contributed by atoms with E-state index in [0.717, 1.165) is 28.3 Å². The lowest BCUT2D eigenvalue weighted by Gasteiger charge is -2.34. The molecule has 0 saturated carbocycles. The molecule has 0 spiro atoms. The van der Waals surface area contributed by atoms with Gasteiger partial charge in [-0.05, 0) is 49.7 Å². The Morgan fingerprint density at radius 1 is 0.925 bits per heavy atom. The minimum Gasteiger partial charge on any atom is -0.352 e. The number of halogens is 4. The first-order valence-electron chi connectivity index (χ1n) is 12.3. The summed E-state index contributed by atoms with van der Waals surface area (Å²) >= 11 is 18.8. The number of hydrogen-bond acceptors (Lipinski definition) is 4. The Morgan fingerprint density at radius 3 is 2.10 bits per heavy atom. The fraction of sp³-hybridized carbons (Fsp3) is 0.286. The minimum atomic E-state index is -4.04. The average molecular weight is 629 g/mol. The minimum absolute atomic E-state index is 0.00998. The van der Waals surface area contributed by atoms with Crippen LogP contribution in [0.4, 0.5) is 10.1 Å². The molecule has 40 heavy (non-hydrogen) atoms. The van der Waals surface area contributed by atoms with Crippen molar-refractivity contribution in [2.75, 3.05) is 17.1 Å². The van der Waals surface area contributed by atoms with Crippen LogP contribution in [0.1, 0.15) is 25.0 Å². The number of hydrogen-bond donors (Lipinski definition) is 1. The maximum absolute atomic E-state index is 14.0. The predicted octanol–water partition coefficient (Wildman–Crippen LogP) is 5.72. The quantitative estimate of drug-likeness (QED) is 0.295. The molecule has 0 heterocycles. The summed E-state index contributed by atoms with van der Waals surface area (Å²) in [7, 11) is -4.04. The summed E-state index contributed by atoms with van der Waals surface area (Å²) < 4.78 is 40.2. The second-order valence-corrected chi connectivity index (χ2v) is 12.6. The molecule has 0 aromatic heterocycles. The Morgan fingerprint density at radius 2 is 1.55 bits per heavy atom. The third-order valence-electron chi connectivity index (χ3n) is 5.96. The fourth-order valence-corrected chi connectivity index (χ4v) is 5.58. The molecule has 0 aliphatic carbocycles. The number of carbonyl (C=O) groups is 2. The highest BCUT2D eigenvalue weighted by molar-refractivity contribution is 7.92. The van der Waals surface area contributed by atoms with Crippen molar-refractivity contribution in [3.8, 4) is 0 Å². The maximum atomic E-state index is 14.0. The van der Waals surface area contributed by atoms with E-state index in [-0.39, 0.29) is 39.8 Å². The molecule has 0 unspecified atom stereocenters. The van der Waals surface area contributed by atoms with Gasteiger partial charge in [-0.25, -0.2) is 12.8 Å². The van der Waals surface area contributed by atoms with Gasteiger partial charge >= 0.3 is 0 Å². The van der Waals surface area contributed by atoms with E-state index >= 15 is 0 Å². The van der Waals surface area contributed by atoms with Crippen molar-refractivity contribution in [2.24, 2.45) is 0 Å². The van der Waals surface area contributed by atoms with Crippen molar-refractivity contribution >= 4 is 62.3 Å². The topological polar surface area (TPSA) is 86.8 Å². The predicted molar refractivity (Wildman–Crippen MR) is 158 cm³/mol. The molecule has 1 N–H and O–H groups in total. The van der Waals surface area contributed by atoms with Crippen molar-refractivity contribution < 1.29 is 22.4 Å². The van der Waals surface area contributed by atoms with Crippen LogP contribution in [0.25, 0.3) is 0 Å². The third kappa shape index (κ3) is 8.33. The molecule has 214 valence electrons. The van der Waals surface area contributed by atoms with Gasteiger partial charge in [-0.3, -0.25) is 13.9 Å². The summed E-state index contributed by atoms with van der Waals surface area (Å²) in [6.07, 6.45) is 1.05. The van der Waals surface area contributed by atoms with Crippen molar-refractivity contribution in [1.29, 1.82) is 0 Å². The van der Waals surface area contributed by atoms with Gasteiger partial charge in [-0.2, -0.15) is 0 Å². The Kier molecular flexibility index (Phi) is 10.8. The molecule has 3 aromatic carbocycles. The monoisotopic (exact) mass is 627 g/mol. The van der Waals surface area contributed by atoms with E-state index in [0.29, 0.717) is 5.56 Å². The van der Waals surface area contributed by atoms with Crippen LogP contribution in [0, 0.1) is 5.82 Å². The highest BCUT2D eigenvalue weighted by Gasteiger charge is 2.34. The number of anilines is 1. The summed E-state index contributed by atoms with van der Waals surface area (Å²) in [6.45, 7) is 2.71. The molecule has 0 aliphatic rings. The number of benzene rings is 3. The van der Waals surface area contributed by atoms with E-state index < -0.39 is 40.2 Å². The van der Waals surface area contributed by atoms with Gasteiger partial charge in [0.05, 0.1) is 17.0 Å². The number of carbonyl (C=O) groups excluding carboxylic acids is 2. The van der Waals surface area contributed by atoms with Crippen LogP contribution in [0.2, 0.25) is 15.1 Å². The Labute approximate surface area is 248 Å². The van der Waals surface area contributed by atoms with E-state index in [1.807, 2.05) is 30.3 Å². The van der Waals surface area contributed by atoms with Gasteiger partial charge in [0, 0.05) is 34.6 Å². The Hall–Kier alpha value is -2.85. The van der Waals surface area contributed by atoms with Gasteiger partial charge < -0.3 is 10.2 Å². The fourth-order valence-electron chi connectivity index (χ4n) is 4.04. The first-order valence-corrected chi connectivity index (χ1v) is 15.3. The third-order valence-corrected chi connectivity index (χ3v) is 8.10. The lowest BCUT2D eigenvalue weighted by Crippen LogP contribution is -2.54. The SMILES string of the molecule is CC(C)NC(=O)[C@@H](Cc1ccccc1)N(Cc1c(Cl)cccc1Cl)C(=O)CN(c1ccc(F)c(Cl)c1)S(C)(=O)=O. The van der Waals surface area contributed by atoms with Crippen LogP contribution >= 0.6 is 34.8 Å². The van der Waals surface area contributed by atoms with Crippen molar-refractivity contribution in [2.45, 2.75) is 38.9 Å². The van der Waals surface area contributed by atoms with Crippen LogP contribution in [0.3, 0.4) is 0 Å². The Bertz CT molecular complexity index is 1450. The zero-order valence-electron chi connectivity index (χ0n) is 22.1. The van der Waals surface area contributed by atoms with Crippen molar-refractivity contribution in [1.82, 2.24) is 10.2 Å². The summed E-state index contributed by atoms with van der Waals surface area (Å²) in [6, 6.07) is 16.0. The summed E-state index contributed by atoms with van der Waals surface area (Å²) in [5.74, 6) is -1.89. The highest BCUT2D eigenvalue weighted by Crippen LogP contribution is 2.29. The Balaban J connectivity index is 2.11. The van der Waals surface area contributed by atoms with Crippen LogP contribution in [0.15, 0.2) is 66.7 Å². The van der Waals surface area contributed by atoms with E-state index in [1.165, 1.54) is 11.0 Å². The number of rotatable bonds is 11. The van der Waals surface area contributed by atoms with Crippen molar-refractivity contribution in [3.63, 3.8) is 0 Å². The van der Waals surface area contributed by atoms with Gasteiger partial charge in [0.15, 0.2) is 0 Å². The molecule has 2 amide bonds. The van der Waals surface area contributed by atoms with Crippen LogP contribution in [-0.2, 0) is 32.6 Å². The molecule has 1 atom stereocenters. The number of sulfonamides is 1. The summed E-state index contributed by atoms with van der Waals surface area (Å²) in [5, 5.41) is 3.10. The van der Waals surface area contributed by atoms with Crippen LogP contribution < -0.4 is 9.62 Å². The highest BCUT2D eigenvalue weighted by atomic mass is 35.5. The molecule has 3 aromatic rings. The van der Waals surface area contributed by atoms with E-state index in [1.54, 1.807) is 32.0 Å². The molecule has 7 nitrogen and oxygen atoms in total. The number of nitrogens with zero attached hydrogens (tertiary/aromatic N) is 2. The molecular weight excluding hydrogens is 600 g/mol. The largest absolute Gasteiger partial charge is 0.352 e. The van der Waals surface area contributed by atoms with Gasteiger partial charge in [0.2, 0.25) is 21.8 Å². The first kappa shape index (κ1) is 31.7. The first-order chi connectivity index (χ1) is 18.8. The zero-order chi connectivity index (χ0) is 29.6. The van der Waals surface area contributed by atoms with E-state index in [9.17, 15) is 22.4 Å². The summed E-state index contributed by atoms with van der Waals surface area (Å²) in [5.41, 5.74) is 1.16. The van der Waals surface area contributed by atoms with Crippen LogP contribution in [0.5, 0.6) is 0 Å². The van der Waals surface area contributed by atoms with Gasteiger partial charge in [0.1, 0.15) is 18.4 Å². The summed E-state index contributed by atoms with van der Waals surface area (Å²) in [4.78, 5) is 28.8. The number of nitrogens with one attached hydrogen (secondary N) is 1. The van der Waals surface area contributed by atoms with Crippen molar-refractivity contribution in [3.05, 3.63) is 98.7 Å². The molecule has 12 heteroatoms. The smallest absolute Gasteiger partial charge is 0.244 e. The van der Waals surface area contributed by atoms with E-state index in [2.05, 4.69) is 5.32 Å². The van der Waals surface area contributed by atoms with Gasteiger partial charge in [-0.15, -0.1) is 0 Å². The van der Waals surface area contributed by atoms with E-state index in [4.69, 9.17) is 34.8 Å². The molecular formula is C28H29Cl3FN3O4S. The molecule has 0 aliphatic heterocycles. The molecule has 0 radical (unpaired) electrons. The molecule has 3 rings (SSSR count). The average Bonchev–Trinajstić information content (AvgIpc) is 2.87. The molecule has 0 bridgehead atoms.